The number of aliphatic hydroxyl groups is 1. The first-order chi connectivity index (χ1) is 10.1. The van der Waals surface area contributed by atoms with Gasteiger partial charge in [0.25, 0.3) is 0 Å². The fourth-order valence-corrected chi connectivity index (χ4v) is 3.67. The molecule has 0 saturated heterocycles. The van der Waals surface area contributed by atoms with Crippen molar-refractivity contribution >= 4 is 29.3 Å². The number of thioether (sulfide) groups is 1. The van der Waals surface area contributed by atoms with Gasteiger partial charge in [-0.1, -0.05) is 24.4 Å². The molecule has 21 heavy (non-hydrogen) atoms. The van der Waals surface area contributed by atoms with E-state index in [-0.39, 0.29) is 18.1 Å². The Bertz CT molecular complexity index is 458. The number of nitrogens with one attached hydrogen (secondary N) is 1. The highest BCUT2D eigenvalue weighted by atomic mass is 35.5. The fraction of sp³-hybridized carbons (Fsp3) is 0.562. The maximum Gasteiger partial charge on any atom is 0.220 e. The zero-order chi connectivity index (χ0) is 15.1. The molecule has 1 aromatic rings. The lowest BCUT2D eigenvalue weighted by Gasteiger charge is -2.28. The normalized spacial score (nSPS) is 16.9. The van der Waals surface area contributed by atoms with Crippen LogP contribution < -0.4 is 5.32 Å². The van der Waals surface area contributed by atoms with Crippen LogP contribution in [0.4, 0.5) is 0 Å². The molecule has 0 aromatic heterocycles. The first-order valence-corrected chi connectivity index (χ1v) is 8.80. The molecule has 116 valence electrons. The molecule has 3 nitrogen and oxygen atoms in total. The number of carbonyl (C=O) groups excluding carboxylic acids is 1. The SMILES string of the molecule is O=C(CCCSc1ccc(Cl)cc1)NC1(CO)CCCC1. The van der Waals surface area contributed by atoms with Crippen LogP contribution in [0.25, 0.3) is 0 Å². The van der Waals surface area contributed by atoms with Gasteiger partial charge in [-0.25, -0.2) is 0 Å². The van der Waals surface area contributed by atoms with Gasteiger partial charge < -0.3 is 10.4 Å². The number of amides is 1. The largest absolute Gasteiger partial charge is 0.394 e. The molecule has 1 amide bonds. The average Bonchev–Trinajstić information content (AvgIpc) is 2.94. The summed E-state index contributed by atoms with van der Waals surface area (Å²) in [5, 5.41) is 13.3. The summed E-state index contributed by atoms with van der Waals surface area (Å²) >= 11 is 7.57. The van der Waals surface area contributed by atoms with Gasteiger partial charge in [-0.2, -0.15) is 0 Å². The number of benzene rings is 1. The van der Waals surface area contributed by atoms with Gasteiger partial charge in [-0.15, -0.1) is 11.8 Å². The first-order valence-electron chi connectivity index (χ1n) is 7.44. The summed E-state index contributed by atoms with van der Waals surface area (Å²) in [7, 11) is 0. The summed E-state index contributed by atoms with van der Waals surface area (Å²) in [4.78, 5) is 13.1. The lowest BCUT2D eigenvalue weighted by atomic mass is 9.98. The van der Waals surface area contributed by atoms with Crippen LogP contribution in [-0.4, -0.2) is 28.9 Å². The highest BCUT2D eigenvalue weighted by Crippen LogP contribution is 2.29. The molecule has 0 spiro atoms. The summed E-state index contributed by atoms with van der Waals surface area (Å²) in [6, 6.07) is 7.74. The van der Waals surface area contributed by atoms with Gasteiger partial charge in [0.15, 0.2) is 0 Å². The third-order valence-electron chi connectivity index (χ3n) is 3.90. The minimum Gasteiger partial charge on any atom is -0.394 e. The average molecular weight is 328 g/mol. The molecule has 1 aromatic carbocycles. The van der Waals surface area contributed by atoms with Crippen molar-refractivity contribution in [3.63, 3.8) is 0 Å². The molecule has 2 rings (SSSR count). The second-order valence-corrected chi connectivity index (χ2v) is 7.20. The Balaban J connectivity index is 1.66. The van der Waals surface area contributed by atoms with Crippen LogP contribution in [0.1, 0.15) is 38.5 Å². The lowest BCUT2D eigenvalue weighted by molar-refractivity contribution is -0.123. The van der Waals surface area contributed by atoms with Crippen molar-refractivity contribution in [1.29, 1.82) is 0 Å². The topological polar surface area (TPSA) is 49.3 Å². The quantitative estimate of drug-likeness (QED) is 0.594. The maximum absolute atomic E-state index is 12.0. The van der Waals surface area contributed by atoms with Gasteiger partial charge in [0, 0.05) is 16.3 Å². The van der Waals surface area contributed by atoms with E-state index in [9.17, 15) is 9.90 Å². The third kappa shape index (κ3) is 5.20. The van der Waals surface area contributed by atoms with E-state index in [1.807, 2.05) is 24.3 Å². The van der Waals surface area contributed by atoms with Crippen molar-refractivity contribution < 1.29 is 9.90 Å². The second kappa shape index (κ2) is 8.06. The van der Waals surface area contributed by atoms with E-state index in [0.717, 1.165) is 42.9 Å². The summed E-state index contributed by atoms with van der Waals surface area (Å²) in [5.74, 6) is 0.962. The summed E-state index contributed by atoms with van der Waals surface area (Å²) in [5.41, 5.74) is -0.347. The van der Waals surface area contributed by atoms with Gasteiger partial charge in [-0.3, -0.25) is 4.79 Å². The van der Waals surface area contributed by atoms with Crippen LogP contribution in [0.2, 0.25) is 5.02 Å². The molecule has 0 atom stereocenters. The van der Waals surface area contributed by atoms with E-state index >= 15 is 0 Å². The van der Waals surface area contributed by atoms with Crippen molar-refractivity contribution in [2.45, 2.75) is 49.0 Å². The Labute approximate surface area is 135 Å². The van der Waals surface area contributed by atoms with Crippen LogP contribution in [-0.2, 0) is 4.79 Å². The molecule has 1 aliphatic carbocycles. The Morgan fingerprint density at radius 1 is 1.29 bits per heavy atom. The minimum atomic E-state index is -0.347. The second-order valence-electron chi connectivity index (χ2n) is 5.60. The molecule has 0 unspecified atom stereocenters. The molecule has 2 N–H and O–H groups in total. The molecule has 1 saturated carbocycles. The number of hydrogen-bond donors (Lipinski definition) is 2. The first kappa shape index (κ1) is 16.7. The van der Waals surface area contributed by atoms with Crippen molar-refractivity contribution in [3.8, 4) is 0 Å². The summed E-state index contributed by atoms with van der Waals surface area (Å²) in [6.07, 6.45) is 5.33. The molecule has 0 radical (unpaired) electrons. The third-order valence-corrected chi connectivity index (χ3v) is 5.25. The van der Waals surface area contributed by atoms with Crippen LogP contribution in [0.5, 0.6) is 0 Å². The fourth-order valence-electron chi connectivity index (χ4n) is 2.69. The van der Waals surface area contributed by atoms with Gasteiger partial charge in [0.2, 0.25) is 5.91 Å². The van der Waals surface area contributed by atoms with Gasteiger partial charge in [0.05, 0.1) is 12.1 Å². The monoisotopic (exact) mass is 327 g/mol. The highest BCUT2D eigenvalue weighted by molar-refractivity contribution is 7.99. The molecule has 0 aliphatic heterocycles. The van der Waals surface area contributed by atoms with Crippen molar-refractivity contribution in [2.75, 3.05) is 12.4 Å². The van der Waals surface area contributed by atoms with Gasteiger partial charge in [-0.05, 0) is 49.3 Å². The van der Waals surface area contributed by atoms with E-state index in [0.29, 0.717) is 6.42 Å². The van der Waals surface area contributed by atoms with E-state index < -0.39 is 0 Å². The van der Waals surface area contributed by atoms with Gasteiger partial charge >= 0.3 is 0 Å². The summed E-state index contributed by atoms with van der Waals surface area (Å²) in [6.45, 7) is 0.0538. The summed E-state index contributed by atoms with van der Waals surface area (Å²) < 4.78 is 0. The zero-order valence-corrected chi connectivity index (χ0v) is 13.7. The number of rotatable bonds is 7. The Kier molecular flexibility index (Phi) is 6.40. The lowest BCUT2D eigenvalue weighted by Crippen LogP contribution is -2.49. The van der Waals surface area contributed by atoms with Crippen LogP contribution >= 0.6 is 23.4 Å². The highest BCUT2D eigenvalue weighted by Gasteiger charge is 2.34. The Morgan fingerprint density at radius 2 is 1.95 bits per heavy atom. The van der Waals surface area contributed by atoms with Crippen molar-refractivity contribution in [2.24, 2.45) is 0 Å². The molecule has 0 bridgehead atoms. The standard InChI is InChI=1S/C16H22ClNO2S/c17-13-5-7-14(8-6-13)21-11-3-4-15(20)18-16(12-19)9-1-2-10-16/h5-8,19H,1-4,9-12H2,(H,18,20). The van der Waals surface area contributed by atoms with Crippen molar-refractivity contribution in [3.05, 3.63) is 29.3 Å². The van der Waals surface area contributed by atoms with Crippen LogP contribution in [0.3, 0.4) is 0 Å². The smallest absolute Gasteiger partial charge is 0.220 e. The molecule has 5 heteroatoms. The van der Waals surface area contributed by atoms with E-state index in [4.69, 9.17) is 11.6 Å². The van der Waals surface area contributed by atoms with Gasteiger partial charge in [0.1, 0.15) is 0 Å². The minimum absolute atomic E-state index is 0.0538. The number of hydrogen-bond acceptors (Lipinski definition) is 3. The van der Waals surface area contributed by atoms with Crippen LogP contribution in [0.15, 0.2) is 29.2 Å². The van der Waals surface area contributed by atoms with E-state index in [1.54, 1.807) is 11.8 Å². The maximum atomic E-state index is 12.0. The number of halogens is 1. The zero-order valence-electron chi connectivity index (χ0n) is 12.1. The Morgan fingerprint density at radius 3 is 2.57 bits per heavy atom. The molecule has 1 fully saturated rings. The molecule has 1 aliphatic rings. The number of aliphatic hydroxyl groups excluding tert-OH is 1. The molecule has 0 heterocycles. The van der Waals surface area contributed by atoms with Crippen LogP contribution in [0, 0.1) is 0 Å². The van der Waals surface area contributed by atoms with E-state index in [2.05, 4.69) is 5.32 Å². The predicted octanol–water partition coefficient (Wildman–Crippen LogP) is 3.63. The van der Waals surface area contributed by atoms with E-state index in [1.165, 1.54) is 4.90 Å². The number of carbonyl (C=O) groups is 1. The predicted molar refractivity (Wildman–Crippen MR) is 87.8 cm³/mol. The molecular weight excluding hydrogens is 306 g/mol. The molecular formula is C16H22ClNO2S. The Hall–Kier alpha value is -0.710. The van der Waals surface area contributed by atoms with Crippen molar-refractivity contribution in [1.82, 2.24) is 5.32 Å².